The molecule has 1 aliphatic heterocycles. The van der Waals surface area contributed by atoms with Gasteiger partial charge in [-0.1, -0.05) is 13.8 Å². The first-order valence-corrected chi connectivity index (χ1v) is 5.15. The summed E-state index contributed by atoms with van der Waals surface area (Å²) in [6, 6.07) is 0. The standard InChI is InChI=1S/C9H16F2N4/c1-3-5-14(6-4-2)15-7-12-8(10)13-9(15)11/h3-7H2,1-2H3. The third-order valence-corrected chi connectivity index (χ3v) is 2.04. The van der Waals surface area contributed by atoms with Crippen LogP contribution in [0.1, 0.15) is 26.7 Å². The second-order valence-corrected chi connectivity index (χ2v) is 3.30. The summed E-state index contributed by atoms with van der Waals surface area (Å²) in [7, 11) is 0. The van der Waals surface area contributed by atoms with E-state index in [9.17, 15) is 8.78 Å². The van der Waals surface area contributed by atoms with Crippen LogP contribution in [-0.2, 0) is 0 Å². The number of halogens is 2. The van der Waals surface area contributed by atoms with E-state index in [-0.39, 0.29) is 6.67 Å². The van der Waals surface area contributed by atoms with Crippen molar-refractivity contribution in [2.45, 2.75) is 26.7 Å². The molecule has 4 nitrogen and oxygen atoms in total. The molecule has 1 rings (SSSR count). The van der Waals surface area contributed by atoms with Crippen LogP contribution >= 0.6 is 0 Å². The second-order valence-electron chi connectivity index (χ2n) is 3.30. The molecule has 86 valence electrons. The SMILES string of the molecule is CCCN(CCC)N1CN=C(F)N=C1F. The summed E-state index contributed by atoms with van der Waals surface area (Å²) in [5.74, 6) is 0. The molecule has 1 heterocycles. The van der Waals surface area contributed by atoms with Crippen LogP contribution in [0.4, 0.5) is 8.78 Å². The molecular weight excluding hydrogens is 202 g/mol. The van der Waals surface area contributed by atoms with Crippen molar-refractivity contribution in [3.63, 3.8) is 0 Å². The fourth-order valence-corrected chi connectivity index (χ4v) is 1.43. The van der Waals surface area contributed by atoms with E-state index < -0.39 is 12.2 Å². The zero-order valence-electron chi connectivity index (χ0n) is 9.08. The van der Waals surface area contributed by atoms with Gasteiger partial charge in [0.15, 0.2) is 0 Å². The van der Waals surface area contributed by atoms with Gasteiger partial charge < -0.3 is 0 Å². The van der Waals surface area contributed by atoms with Crippen LogP contribution in [-0.4, -0.2) is 42.0 Å². The maximum absolute atomic E-state index is 13.3. The molecule has 0 atom stereocenters. The first-order valence-electron chi connectivity index (χ1n) is 5.15. The van der Waals surface area contributed by atoms with Crippen LogP contribution in [0.2, 0.25) is 0 Å². The number of nitrogens with zero attached hydrogens (tertiary/aromatic N) is 4. The average molecular weight is 218 g/mol. The molecule has 0 N–H and O–H groups in total. The Balaban J connectivity index is 2.65. The van der Waals surface area contributed by atoms with Gasteiger partial charge in [0.2, 0.25) is 0 Å². The lowest BCUT2D eigenvalue weighted by molar-refractivity contribution is 0.0345. The summed E-state index contributed by atoms with van der Waals surface area (Å²) < 4.78 is 25.8. The van der Waals surface area contributed by atoms with E-state index >= 15 is 0 Å². The van der Waals surface area contributed by atoms with Gasteiger partial charge >= 0.3 is 12.2 Å². The predicted molar refractivity (Wildman–Crippen MR) is 55.9 cm³/mol. The van der Waals surface area contributed by atoms with Crippen molar-refractivity contribution >= 4 is 12.2 Å². The van der Waals surface area contributed by atoms with E-state index in [1.807, 2.05) is 13.8 Å². The van der Waals surface area contributed by atoms with Crippen molar-refractivity contribution in [2.75, 3.05) is 19.8 Å². The van der Waals surface area contributed by atoms with Crippen molar-refractivity contribution in [1.82, 2.24) is 10.0 Å². The highest BCUT2D eigenvalue weighted by molar-refractivity contribution is 5.89. The molecule has 0 aromatic rings. The Morgan fingerprint density at radius 3 is 2.33 bits per heavy atom. The monoisotopic (exact) mass is 218 g/mol. The summed E-state index contributed by atoms with van der Waals surface area (Å²) >= 11 is 0. The molecule has 0 aromatic heterocycles. The van der Waals surface area contributed by atoms with Gasteiger partial charge in [0.05, 0.1) is 0 Å². The summed E-state index contributed by atoms with van der Waals surface area (Å²) in [5, 5.41) is 3.07. The van der Waals surface area contributed by atoms with E-state index in [1.54, 1.807) is 5.01 Å². The lowest BCUT2D eigenvalue weighted by Gasteiger charge is -2.33. The van der Waals surface area contributed by atoms with E-state index in [0.717, 1.165) is 12.8 Å². The van der Waals surface area contributed by atoms with Crippen molar-refractivity contribution < 1.29 is 8.78 Å². The molecule has 0 saturated carbocycles. The van der Waals surface area contributed by atoms with Gasteiger partial charge in [-0.25, -0.2) is 15.0 Å². The van der Waals surface area contributed by atoms with Crippen LogP contribution in [0.5, 0.6) is 0 Å². The Labute approximate surface area is 88.3 Å². The molecule has 0 spiro atoms. The highest BCUT2D eigenvalue weighted by Gasteiger charge is 2.22. The van der Waals surface area contributed by atoms with Crippen molar-refractivity contribution in [2.24, 2.45) is 9.98 Å². The third-order valence-electron chi connectivity index (χ3n) is 2.04. The van der Waals surface area contributed by atoms with Crippen molar-refractivity contribution in [3.05, 3.63) is 0 Å². The quantitative estimate of drug-likeness (QED) is 0.660. The normalized spacial score (nSPS) is 16.7. The molecule has 0 fully saturated rings. The number of rotatable bonds is 5. The summed E-state index contributed by atoms with van der Waals surface area (Å²) in [4.78, 5) is 6.52. The number of hydrazine groups is 1. The summed E-state index contributed by atoms with van der Waals surface area (Å²) in [6.07, 6.45) is -0.00697. The van der Waals surface area contributed by atoms with Gasteiger partial charge in [0, 0.05) is 13.1 Å². The van der Waals surface area contributed by atoms with Crippen LogP contribution in [0.15, 0.2) is 9.98 Å². The fourth-order valence-electron chi connectivity index (χ4n) is 1.43. The molecule has 6 heteroatoms. The predicted octanol–water partition coefficient (Wildman–Crippen LogP) is 1.95. The maximum Gasteiger partial charge on any atom is 0.309 e. The maximum atomic E-state index is 13.3. The lowest BCUT2D eigenvalue weighted by atomic mass is 10.4. The topological polar surface area (TPSA) is 31.2 Å². The fraction of sp³-hybridized carbons (Fsp3) is 0.778. The van der Waals surface area contributed by atoms with E-state index in [1.165, 1.54) is 5.01 Å². The molecule has 0 aliphatic carbocycles. The first kappa shape index (κ1) is 12.0. The highest BCUT2D eigenvalue weighted by Crippen LogP contribution is 2.09. The van der Waals surface area contributed by atoms with Crippen LogP contribution in [0.3, 0.4) is 0 Å². The number of aliphatic imine (C=N–C) groups is 2. The molecule has 0 saturated heterocycles. The molecule has 0 amide bonds. The van der Waals surface area contributed by atoms with Gasteiger partial charge in [0.25, 0.3) is 0 Å². The third kappa shape index (κ3) is 3.23. The Morgan fingerprint density at radius 2 is 1.87 bits per heavy atom. The van der Waals surface area contributed by atoms with Crippen LogP contribution < -0.4 is 0 Å². The van der Waals surface area contributed by atoms with Gasteiger partial charge in [-0.3, -0.25) is 0 Å². The zero-order valence-corrected chi connectivity index (χ0v) is 9.08. The minimum absolute atomic E-state index is 0.0266. The Bertz CT molecular complexity index is 259. The van der Waals surface area contributed by atoms with E-state index in [4.69, 9.17) is 0 Å². The Hall–Kier alpha value is -1.04. The second kappa shape index (κ2) is 5.75. The van der Waals surface area contributed by atoms with Crippen molar-refractivity contribution in [3.8, 4) is 0 Å². The largest absolute Gasteiger partial charge is 0.309 e. The molecular formula is C9H16F2N4. The van der Waals surface area contributed by atoms with Gasteiger partial charge in [0.1, 0.15) is 6.67 Å². The van der Waals surface area contributed by atoms with Gasteiger partial charge in [-0.2, -0.15) is 13.8 Å². The average Bonchev–Trinajstić information content (AvgIpc) is 2.17. The molecule has 1 aliphatic rings. The minimum atomic E-state index is -0.989. The highest BCUT2D eigenvalue weighted by atomic mass is 19.1. The Kier molecular flexibility index (Phi) is 4.61. The van der Waals surface area contributed by atoms with Crippen LogP contribution in [0, 0.1) is 0 Å². The number of hydrogen-bond donors (Lipinski definition) is 0. The van der Waals surface area contributed by atoms with E-state index in [0.29, 0.717) is 13.1 Å². The van der Waals surface area contributed by atoms with E-state index in [2.05, 4.69) is 9.98 Å². The van der Waals surface area contributed by atoms with Crippen LogP contribution in [0.25, 0.3) is 0 Å². The molecule has 0 aromatic carbocycles. The van der Waals surface area contributed by atoms with Crippen molar-refractivity contribution in [1.29, 1.82) is 0 Å². The van der Waals surface area contributed by atoms with Gasteiger partial charge in [-0.15, -0.1) is 0 Å². The number of hydrogen-bond acceptors (Lipinski definition) is 4. The van der Waals surface area contributed by atoms with Gasteiger partial charge in [-0.05, 0) is 12.8 Å². The Morgan fingerprint density at radius 1 is 1.27 bits per heavy atom. The summed E-state index contributed by atoms with van der Waals surface area (Å²) in [6.45, 7) is 5.42. The molecule has 15 heavy (non-hydrogen) atoms. The molecule has 0 radical (unpaired) electrons. The molecule has 0 bridgehead atoms. The first-order chi connectivity index (χ1) is 7.19. The smallest absolute Gasteiger partial charge is 0.243 e. The lowest BCUT2D eigenvalue weighted by Crippen LogP contribution is -2.47. The summed E-state index contributed by atoms with van der Waals surface area (Å²) in [5.41, 5.74) is 0. The number of amidine groups is 2. The molecule has 0 unspecified atom stereocenters. The zero-order chi connectivity index (χ0) is 11.3. The minimum Gasteiger partial charge on any atom is -0.243 e.